The molecule has 0 aliphatic carbocycles. The summed E-state index contributed by atoms with van der Waals surface area (Å²) in [6.45, 7) is 0. The van der Waals surface area contributed by atoms with Crippen LogP contribution in [0.4, 0.5) is 17.1 Å². The summed E-state index contributed by atoms with van der Waals surface area (Å²) >= 11 is 0. The Labute approximate surface area is 93.4 Å². The van der Waals surface area contributed by atoms with Crippen molar-refractivity contribution in [2.45, 2.75) is 0 Å². The monoisotopic (exact) mass is 210 g/mol. The van der Waals surface area contributed by atoms with Crippen molar-refractivity contribution in [3.05, 3.63) is 48.3 Å². The average Bonchev–Trinajstić information content (AvgIpc) is 2.33. The van der Waals surface area contributed by atoms with Crippen LogP contribution in [-0.2, 0) is 0 Å². The van der Waals surface area contributed by atoms with E-state index in [9.17, 15) is 0 Å². The molecule has 0 bridgehead atoms. The first-order chi connectivity index (χ1) is 7.79. The second kappa shape index (κ2) is 4.32. The number of hydrogen-bond acceptors (Lipinski definition) is 4. The molecule has 1 aromatic carbocycles. The van der Waals surface area contributed by atoms with Crippen LogP contribution in [0.1, 0.15) is 5.56 Å². The van der Waals surface area contributed by atoms with E-state index in [0.717, 1.165) is 11.4 Å². The van der Waals surface area contributed by atoms with Gasteiger partial charge in [0, 0.05) is 18.1 Å². The molecule has 0 aliphatic rings. The standard InChI is InChI=1S/C12H10N4/c13-8-9-1-2-11(14)12(7-9)16-10-3-5-15-6-4-10/h1-7H,14H2,(H,15,16). The highest BCUT2D eigenvalue weighted by Crippen LogP contribution is 2.23. The second-order valence-corrected chi connectivity index (χ2v) is 3.27. The van der Waals surface area contributed by atoms with Crippen molar-refractivity contribution in [2.75, 3.05) is 11.1 Å². The fraction of sp³-hybridized carbons (Fsp3) is 0. The molecule has 78 valence electrons. The second-order valence-electron chi connectivity index (χ2n) is 3.27. The van der Waals surface area contributed by atoms with Crippen molar-refractivity contribution in [2.24, 2.45) is 0 Å². The van der Waals surface area contributed by atoms with Crippen molar-refractivity contribution < 1.29 is 0 Å². The van der Waals surface area contributed by atoms with E-state index in [-0.39, 0.29) is 0 Å². The Morgan fingerprint density at radius 3 is 2.62 bits per heavy atom. The predicted molar refractivity (Wildman–Crippen MR) is 63.1 cm³/mol. The van der Waals surface area contributed by atoms with Gasteiger partial charge in [-0.1, -0.05) is 0 Å². The Morgan fingerprint density at radius 1 is 1.19 bits per heavy atom. The van der Waals surface area contributed by atoms with Crippen LogP contribution >= 0.6 is 0 Å². The number of aromatic nitrogens is 1. The zero-order chi connectivity index (χ0) is 11.4. The Kier molecular flexibility index (Phi) is 2.70. The Morgan fingerprint density at radius 2 is 1.94 bits per heavy atom. The molecule has 2 aromatic rings. The van der Waals surface area contributed by atoms with Gasteiger partial charge in [0.25, 0.3) is 0 Å². The predicted octanol–water partition coefficient (Wildman–Crippen LogP) is 2.28. The minimum absolute atomic E-state index is 0.575. The lowest BCUT2D eigenvalue weighted by Crippen LogP contribution is -1.96. The molecular formula is C12H10N4. The third-order valence-corrected chi connectivity index (χ3v) is 2.14. The molecule has 0 saturated heterocycles. The number of anilines is 3. The number of rotatable bonds is 2. The number of nitriles is 1. The van der Waals surface area contributed by atoms with Crippen LogP contribution in [0.5, 0.6) is 0 Å². The molecule has 0 amide bonds. The molecule has 1 aromatic heterocycles. The highest BCUT2D eigenvalue weighted by Gasteiger charge is 2.01. The molecule has 0 atom stereocenters. The van der Waals surface area contributed by atoms with Gasteiger partial charge in [0.2, 0.25) is 0 Å². The summed E-state index contributed by atoms with van der Waals surface area (Å²) < 4.78 is 0. The van der Waals surface area contributed by atoms with E-state index >= 15 is 0 Å². The zero-order valence-electron chi connectivity index (χ0n) is 8.51. The Hall–Kier alpha value is -2.54. The summed E-state index contributed by atoms with van der Waals surface area (Å²) in [5.41, 5.74) is 8.60. The lowest BCUT2D eigenvalue weighted by atomic mass is 10.2. The summed E-state index contributed by atoms with van der Waals surface area (Å²) in [5.74, 6) is 0. The molecule has 4 nitrogen and oxygen atoms in total. The highest BCUT2D eigenvalue weighted by molar-refractivity contribution is 5.73. The first kappa shape index (κ1) is 9.99. The van der Waals surface area contributed by atoms with Gasteiger partial charge in [-0.2, -0.15) is 5.26 Å². The van der Waals surface area contributed by atoms with Gasteiger partial charge in [0.05, 0.1) is 23.0 Å². The lowest BCUT2D eigenvalue weighted by Gasteiger charge is -2.08. The van der Waals surface area contributed by atoms with Crippen molar-refractivity contribution in [1.82, 2.24) is 4.98 Å². The summed E-state index contributed by atoms with van der Waals surface area (Å²) in [4.78, 5) is 3.92. The van der Waals surface area contributed by atoms with Crippen LogP contribution in [0.3, 0.4) is 0 Å². The van der Waals surface area contributed by atoms with Gasteiger partial charge < -0.3 is 11.1 Å². The van der Waals surface area contributed by atoms with Crippen LogP contribution in [0.15, 0.2) is 42.7 Å². The SMILES string of the molecule is N#Cc1ccc(N)c(Nc2ccncc2)c1. The van der Waals surface area contributed by atoms with Crippen LogP contribution in [0.2, 0.25) is 0 Å². The van der Waals surface area contributed by atoms with Crippen LogP contribution in [-0.4, -0.2) is 4.98 Å². The smallest absolute Gasteiger partial charge is 0.0992 e. The third kappa shape index (κ3) is 2.10. The van der Waals surface area contributed by atoms with Crippen LogP contribution < -0.4 is 11.1 Å². The number of nitrogen functional groups attached to an aromatic ring is 1. The van der Waals surface area contributed by atoms with Gasteiger partial charge in [0.15, 0.2) is 0 Å². The topological polar surface area (TPSA) is 74.7 Å². The molecular weight excluding hydrogens is 200 g/mol. The minimum Gasteiger partial charge on any atom is -0.397 e. The molecule has 0 spiro atoms. The fourth-order valence-electron chi connectivity index (χ4n) is 1.32. The van der Waals surface area contributed by atoms with Crippen LogP contribution in [0.25, 0.3) is 0 Å². The molecule has 0 fully saturated rings. The molecule has 0 aliphatic heterocycles. The summed E-state index contributed by atoms with van der Waals surface area (Å²) in [7, 11) is 0. The van der Waals surface area contributed by atoms with Gasteiger partial charge in [-0.25, -0.2) is 0 Å². The molecule has 0 unspecified atom stereocenters. The van der Waals surface area contributed by atoms with Gasteiger partial charge in [0.1, 0.15) is 0 Å². The average molecular weight is 210 g/mol. The molecule has 0 radical (unpaired) electrons. The maximum atomic E-state index is 8.79. The molecule has 1 heterocycles. The van der Waals surface area contributed by atoms with Crippen molar-refractivity contribution in [3.8, 4) is 6.07 Å². The molecule has 4 heteroatoms. The number of nitrogens with one attached hydrogen (secondary N) is 1. The van der Waals surface area contributed by atoms with Crippen molar-refractivity contribution in [1.29, 1.82) is 5.26 Å². The van der Waals surface area contributed by atoms with E-state index in [1.165, 1.54) is 0 Å². The number of pyridine rings is 1. The summed E-state index contributed by atoms with van der Waals surface area (Å²) in [5, 5.41) is 11.9. The van der Waals surface area contributed by atoms with E-state index in [2.05, 4.69) is 16.4 Å². The molecule has 3 N–H and O–H groups in total. The first-order valence-corrected chi connectivity index (χ1v) is 4.76. The summed E-state index contributed by atoms with van der Waals surface area (Å²) in [6, 6.07) is 10.9. The minimum atomic E-state index is 0.575. The maximum absolute atomic E-state index is 8.79. The quantitative estimate of drug-likeness (QED) is 0.745. The first-order valence-electron chi connectivity index (χ1n) is 4.76. The largest absolute Gasteiger partial charge is 0.397 e. The molecule has 16 heavy (non-hydrogen) atoms. The number of nitrogens with zero attached hydrogens (tertiary/aromatic N) is 2. The van der Waals surface area contributed by atoms with Gasteiger partial charge >= 0.3 is 0 Å². The van der Waals surface area contributed by atoms with Gasteiger partial charge in [-0.3, -0.25) is 4.98 Å². The summed E-state index contributed by atoms with van der Waals surface area (Å²) in [6.07, 6.45) is 3.37. The van der Waals surface area contributed by atoms with E-state index < -0.39 is 0 Å². The Bertz CT molecular complexity index is 528. The van der Waals surface area contributed by atoms with Crippen molar-refractivity contribution in [3.63, 3.8) is 0 Å². The van der Waals surface area contributed by atoms with E-state index in [0.29, 0.717) is 11.3 Å². The molecule has 2 rings (SSSR count). The van der Waals surface area contributed by atoms with Crippen LogP contribution in [0, 0.1) is 11.3 Å². The number of benzene rings is 1. The third-order valence-electron chi connectivity index (χ3n) is 2.14. The van der Waals surface area contributed by atoms with Crippen molar-refractivity contribution >= 4 is 17.1 Å². The normalized spacial score (nSPS) is 9.44. The maximum Gasteiger partial charge on any atom is 0.0992 e. The zero-order valence-corrected chi connectivity index (χ0v) is 8.51. The Balaban J connectivity index is 2.31. The lowest BCUT2D eigenvalue weighted by molar-refractivity contribution is 1.32. The van der Waals surface area contributed by atoms with E-state index in [1.54, 1.807) is 30.6 Å². The molecule has 0 saturated carbocycles. The number of hydrogen-bond donors (Lipinski definition) is 2. The highest BCUT2D eigenvalue weighted by atomic mass is 14.9. The van der Waals surface area contributed by atoms with Gasteiger partial charge in [-0.05, 0) is 30.3 Å². The van der Waals surface area contributed by atoms with E-state index in [4.69, 9.17) is 11.0 Å². The van der Waals surface area contributed by atoms with E-state index in [1.807, 2.05) is 12.1 Å². The fourth-order valence-corrected chi connectivity index (χ4v) is 1.32. The number of nitrogens with two attached hydrogens (primary N) is 1. The van der Waals surface area contributed by atoms with Gasteiger partial charge in [-0.15, -0.1) is 0 Å².